The Balaban J connectivity index is 2.13. The van der Waals surface area contributed by atoms with Crippen LogP contribution in [0.3, 0.4) is 0 Å². The van der Waals surface area contributed by atoms with Crippen LogP contribution >= 0.6 is 0 Å². The number of hydrogen-bond donors (Lipinski definition) is 1. The molecule has 0 aliphatic heterocycles. The van der Waals surface area contributed by atoms with Crippen molar-refractivity contribution in [3.63, 3.8) is 0 Å². The van der Waals surface area contributed by atoms with Gasteiger partial charge in [0.25, 0.3) is 5.91 Å². The molecule has 0 saturated heterocycles. The van der Waals surface area contributed by atoms with Crippen LogP contribution in [0.25, 0.3) is 0 Å². The summed E-state index contributed by atoms with van der Waals surface area (Å²) in [7, 11) is 0. The van der Waals surface area contributed by atoms with Crippen molar-refractivity contribution in [2.45, 2.75) is 27.7 Å². The molecule has 1 heterocycles. The summed E-state index contributed by atoms with van der Waals surface area (Å²) in [6.07, 6.45) is 1.49. The van der Waals surface area contributed by atoms with E-state index < -0.39 is 0 Å². The summed E-state index contributed by atoms with van der Waals surface area (Å²) in [5.74, 6) is 0.320. The van der Waals surface area contributed by atoms with Crippen LogP contribution < -0.4 is 5.43 Å². The zero-order valence-corrected chi connectivity index (χ0v) is 12.2. The molecule has 0 fully saturated rings. The molecule has 1 aromatic carbocycles. The van der Waals surface area contributed by atoms with Crippen LogP contribution in [0.4, 0.5) is 0 Å². The fraction of sp³-hybridized carbons (Fsp3) is 0.250. The standard InChI is InChI=1S/C16H18N2O2/c1-10-5-6-14(9-11(10)2)12(3)17-18-16(19)15-7-8-20-13(15)4/h5-9H,1-4H3,(H,18,19)/b17-12-. The van der Waals surface area contributed by atoms with Gasteiger partial charge in [0.1, 0.15) is 5.76 Å². The molecule has 4 heteroatoms. The number of furan rings is 1. The average molecular weight is 270 g/mol. The number of amides is 1. The largest absolute Gasteiger partial charge is 0.469 e. The zero-order valence-electron chi connectivity index (χ0n) is 12.2. The first-order valence-corrected chi connectivity index (χ1v) is 6.45. The first-order valence-electron chi connectivity index (χ1n) is 6.45. The molecule has 4 nitrogen and oxygen atoms in total. The Hall–Kier alpha value is -2.36. The summed E-state index contributed by atoms with van der Waals surface area (Å²) < 4.78 is 5.10. The summed E-state index contributed by atoms with van der Waals surface area (Å²) in [5.41, 5.74) is 7.25. The molecule has 0 radical (unpaired) electrons. The van der Waals surface area contributed by atoms with Gasteiger partial charge < -0.3 is 4.42 Å². The number of hydrogen-bond acceptors (Lipinski definition) is 3. The Kier molecular flexibility index (Phi) is 4.03. The van der Waals surface area contributed by atoms with Gasteiger partial charge in [0.15, 0.2) is 0 Å². The van der Waals surface area contributed by atoms with E-state index in [9.17, 15) is 4.79 Å². The van der Waals surface area contributed by atoms with E-state index in [0.717, 1.165) is 11.3 Å². The van der Waals surface area contributed by atoms with E-state index >= 15 is 0 Å². The molecule has 0 bridgehead atoms. The van der Waals surface area contributed by atoms with E-state index in [1.54, 1.807) is 13.0 Å². The maximum Gasteiger partial charge on any atom is 0.274 e. The maximum atomic E-state index is 11.9. The highest BCUT2D eigenvalue weighted by atomic mass is 16.3. The van der Waals surface area contributed by atoms with Gasteiger partial charge in [0.05, 0.1) is 17.5 Å². The normalized spacial score (nSPS) is 11.5. The van der Waals surface area contributed by atoms with Crippen molar-refractivity contribution in [1.29, 1.82) is 0 Å². The molecular weight excluding hydrogens is 252 g/mol. The molecule has 0 saturated carbocycles. The van der Waals surface area contributed by atoms with Crippen molar-refractivity contribution in [1.82, 2.24) is 5.43 Å². The number of carbonyl (C=O) groups excluding carboxylic acids is 1. The highest BCUT2D eigenvalue weighted by Gasteiger charge is 2.10. The van der Waals surface area contributed by atoms with E-state index in [0.29, 0.717) is 11.3 Å². The molecule has 104 valence electrons. The van der Waals surface area contributed by atoms with Crippen LogP contribution in [0.15, 0.2) is 40.0 Å². The Bertz CT molecular complexity index is 669. The van der Waals surface area contributed by atoms with Crippen molar-refractivity contribution in [3.05, 3.63) is 58.5 Å². The first-order chi connectivity index (χ1) is 9.49. The monoisotopic (exact) mass is 270 g/mol. The molecule has 0 aliphatic carbocycles. The van der Waals surface area contributed by atoms with Gasteiger partial charge >= 0.3 is 0 Å². The molecule has 20 heavy (non-hydrogen) atoms. The van der Waals surface area contributed by atoms with Crippen LogP contribution in [0.5, 0.6) is 0 Å². The summed E-state index contributed by atoms with van der Waals surface area (Å²) in [5, 5.41) is 4.14. The van der Waals surface area contributed by atoms with E-state index in [4.69, 9.17) is 4.42 Å². The number of nitrogens with zero attached hydrogens (tertiary/aromatic N) is 1. The zero-order chi connectivity index (χ0) is 14.7. The Morgan fingerprint density at radius 1 is 1.15 bits per heavy atom. The number of aryl methyl sites for hydroxylation is 3. The van der Waals surface area contributed by atoms with Crippen LogP contribution in [-0.2, 0) is 0 Å². The van der Waals surface area contributed by atoms with Gasteiger partial charge in [-0.05, 0) is 56.5 Å². The smallest absolute Gasteiger partial charge is 0.274 e. The fourth-order valence-electron chi connectivity index (χ4n) is 1.85. The summed E-state index contributed by atoms with van der Waals surface area (Å²) in [6.45, 7) is 7.73. The number of rotatable bonds is 3. The lowest BCUT2D eigenvalue weighted by Gasteiger charge is -2.05. The number of benzene rings is 1. The van der Waals surface area contributed by atoms with Gasteiger partial charge in [-0.1, -0.05) is 12.1 Å². The predicted octanol–water partition coefficient (Wildman–Crippen LogP) is 3.36. The molecule has 0 aliphatic rings. The van der Waals surface area contributed by atoms with E-state index in [2.05, 4.69) is 30.4 Å². The van der Waals surface area contributed by atoms with Gasteiger partial charge in [-0.2, -0.15) is 5.10 Å². The molecule has 0 atom stereocenters. The first kappa shape index (κ1) is 14.1. The number of nitrogens with one attached hydrogen (secondary N) is 1. The molecule has 1 aromatic heterocycles. The van der Waals surface area contributed by atoms with Crippen molar-refractivity contribution in [3.8, 4) is 0 Å². The van der Waals surface area contributed by atoms with Crippen molar-refractivity contribution in [2.24, 2.45) is 5.10 Å². The van der Waals surface area contributed by atoms with Gasteiger partial charge in [-0.15, -0.1) is 0 Å². The SMILES string of the molecule is C/C(=N/NC(=O)c1ccoc1C)c1ccc(C)c(C)c1. The van der Waals surface area contributed by atoms with Gasteiger partial charge in [-0.25, -0.2) is 5.43 Å². The topological polar surface area (TPSA) is 54.6 Å². The van der Waals surface area contributed by atoms with Crippen LogP contribution in [0, 0.1) is 20.8 Å². The summed E-state index contributed by atoms with van der Waals surface area (Å²) in [4.78, 5) is 11.9. The number of hydrazone groups is 1. The third kappa shape index (κ3) is 2.96. The second-order valence-electron chi connectivity index (χ2n) is 4.83. The third-order valence-corrected chi connectivity index (χ3v) is 3.35. The minimum atomic E-state index is -0.264. The lowest BCUT2D eigenvalue weighted by Crippen LogP contribution is -2.19. The molecule has 2 rings (SSSR count). The van der Waals surface area contributed by atoms with Crippen molar-refractivity contribution >= 4 is 11.6 Å². The summed E-state index contributed by atoms with van der Waals surface area (Å²) >= 11 is 0. The van der Waals surface area contributed by atoms with E-state index in [1.807, 2.05) is 19.1 Å². The van der Waals surface area contributed by atoms with Gasteiger partial charge in [0, 0.05) is 0 Å². The Labute approximate surface area is 118 Å². The lowest BCUT2D eigenvalue weighted by molar-refractivity contribution is 0.0953. The second-order valence-corrected chi connectivity index (χ2v) is 4.83. The summed E-state index contributed by atoms with van der Waals surface area (Å²) in [6, 6.07) is 7.73. The highest BCUT2D eigenvalue weighted by molar-refractivity contribution is 6.01. The lowest BCUT2D eigenvalue weighted by atomic mass is 10.0. The van der Waals surface area contributed by atoms with E-state index in [-0.39, 0.29) is 5.91 Å². The minimum Gasteiger partial charge on any atom is -0.469 e. The van der Waals surface area contributed by atoms with Gasteiger partial charge in [-0.3, -0.25) is 4.79 Å². The maximum absolute atomic E-state index is 11.9. The molecule has 1 amide bonds. The van der Waals surface area contributed by atoms with Crippen molar-refractivity contribution < 1.29 is 9.21 Å². The second kappa shape index (κ2) is 5.74. The highest BCUT2D eigenvalue weighted by Crippen LogP contribution is 2.11. The Morgan fingerprint density at radius 3 is 2.50 bits per heavy atom. The minimum absolute atomic E-state index is 0.264. The molecule has 0 unspecified atom stereocenters. The van der Waals surface area contributed by atoms with Crippen LogP contribution in [0.2, 0.25) is 0 Å². The van der Waals surface area contributed by atoms with Crippen LogP contribution in [0.1, 0.15) is 39.7 Å². The van der Waals surface area contributed by atoms with Crippen LogP contribution in [-0.4, -0.2) is 11.6 Å². The quantitative estimate of drug-likeness (QED) is 0.686. The Morgan fingerprint density at radius 2 is 1.90 bits per heavy atom. The molecule has 2 aromatic rings. The third-order valence-electron chi connectivity index (χ3n) is 3.35. The molecule has 0 spiro atoms. The predicted molar refractivity (Wildman–Crippen MR) is 79.0 cm³/mol. The molecular formula is C16H18N2O2. The number of carbonyl (C=O) groups is 1. The van der Waals surface area contributed by atoms with Crippen molar-refractivity contribution in [2.75, 3.05) is 0 Å². The van der Waals surface area contributed by atoms with Gasteiger partial charge in [0.2, 0.25) is 0 Å². The molecule has 1 N–H and O–H groups in total. The van der Waals surface area contributed by atoms with E-state index in [1.165, 1.54) is 17.4 Å². The fourth-order valence-corrected chi connectivity index (χ4v) is 1.85. The average Bonchev–Trinajstić information content (AvgIpc) is 2.85.